The Kier molecular flexibility index (Phi) is 7.26. The maximum absolute atomic E-state index is 13.2. The Morgan fingerprint density at radius 3 is 2.21 bits per heavy atom. The van der Waals surface area contributed by atoms with Crippen molar-refractivity contribution in [3.63, 3.8) is 0 Å². The van der Waals surface area contributed by atoms with Crippen LogP contribution in [-0.4, -0.2) is 37.2 Å². The van der Waals surface area contributed by atoms with Crippen LogP contribution in [0, 0.1) is 11.3 Å². The van der Waals surface area contributed by atoms with Crippen LogP contribution < -0.4 is 10.6 Å². The fourth-order valence-electron chi connectivity index (χ4n) is 4.52. The summed E-state index contributed by atoms with van der Waals surface area (Å²) in [7, 11) is 2.34. The number of anilines is 1. The van der Waals surface area contributed by atoms with Crippen LogP contribution in [0.2, 0.25) is 0 Å². The zero-order valence-corrected chi connectivity index (χ0v) is 20.5. The number of carbonyl (C=O) groups excluding carboxylic acids is 2. The Morgan fingerprint density at radius 2 is 1.58 bits per heavy atom. The lowest BCUT2D eigenvalue weighted by atomic mass is 9.81. The second-order valence-corrected chi connectivity index (χ2v) is 8.24. The van der Waals surface area contributed by atoms with Gasteiger partial charge in [0.1, 0.15) is 11.5 Å². The summed E-state index contributed by atoms with van der Waals surface area (Å²) in [5.41, 5.74) is 8.12. The van der Waals surface area contributed by atoms with E-state index in [0.29, 0.717) is 22.4 Å². The third kappa shape index (κ3) is 4.47. The second kappa shape index (κ2) is 10.7. The molecule has 3 aromatic rings. The van der Waals surface area contributed by atoms with Gasteiger partial charge < -0.3 is 20.3 Å². The molecular formula is C29H23N3O6. The minimum Gasteiger partial charge on any atom is -0.478 e. The smallest absolute Gasteiger partial charge is 0.355 e. The van der Waals surface area contributed by atoms with E-state index in [-0.39, 0.29) is 28.2 Å². The summed E-state index contributed by atoms with van der Waals surface area (Å²) in [6.45, 7) is 0. The molecule has 0 amide bonds. The van der Waals surface area contributed by atoms with Gasteiger partial charge >= 0.3 is 17.9 Å². The molecule has 0 aliphatic carbocycles. The molecule has 0 saturated heterocycles. The van der Waals surface area contributed by atoms with Gasteiger partial charge in [0.25, 0.3) is 0 Å². The zero-order valence-electron chi connectivity index (χ0n) is 20.5. The summed E-state index contributed by atoms with van der Waals surface area (Å²) in [4.78, 5) is 39.5. The van der Waals surface area contributed by atoms with Gasteiger partial charge in [0.05, 0.1) is 42.9 Å². The number of benzene rings is 3. The van der Waals surface area contributed by atoms with E-state index < -0.39 is 23.8 Å². The minimum atomic E-state index is -1.11. The van der Waals surface area contributed by atoms with Crippen molar-refractivity contribution in [2.45, 2.75) is 5.92 Å². The first-order chi connectivity index (χ1) is 18.3. The number of allylic oxidation sites excluding steroid dienone is 1. The molecule has 38 heavy (non-hydrogen) atoms. The van der Waals surface area contributed by atoms with Crippen LogP contribution in [0.25, 0.3) is 11.1 Å². The van der Waals surface area contributed by atoms with E-state index in [2.05, 4.69) is 6.07 Å². The first kappa shape index (κ1) is 25.7. The highest BCUT2D eigenvalue weighted by molar-refractivity contribution is 6.06. The largest absolute Gasteiger partial charge is 0.478 e. The Hall–Kier alpha value is -5.36. The molecule has 4 rings (SSSR count). The quantitative estimate of drug-likeness (QED) is 0.472. The molecule has 9 heteroatoms. The van der Waals surface area contributed by atoms with E-state index in [9.17, 15) is 24.8 Å². The van der Waals surface area contributed by atoms with Gasteiger partial charge in [-0.15, -0.1) is 0 Å². The lowest BCUT2D eigenvalue weighted by Crippen LogP contribution is -2.40. The molecule has 9 nitrogen and oxygen atoms in total. The molecule has 1 aliphatic rings. The highest BCUT2D eigenvalue weighted by atomic mass is 16.5. The lowest BCUT2D eigenvalue weighted by Gasteiger charge is -2.36. The fraction of sp³-hybridized carbons (Fsp3) is 0.103. The summed E-state index contributed by atoms with van der Waals surface area (Å²) < 4.78 is 10.1. The number of ether oxygens (including phenoxy) is 2. The van der Waals surface area contributed by atoms with E-state index in [4.69, 9.17) is 15.2 Å². The van der Waals surface area contributed by atoms with Gasteiger partial charge in [-0.25, -0.2) is 14.4 Å². The van der Waals surface area contributed by atoms with Crippen molar-refractivity contribution in [1.29, 1.82) is 5.26 Å². The van der Waals surface area contributed by atoms with Gasteiger partial charge in [0.2, 0.25) is 0 Å². The molecule has 0 aromatic heterocycles. The summed E-state index contributed by atoms with van der Waals surface area (Å²) in [6, 6.07) is 23.8. The average Bonchev–Trinajstić information content (AvgIpc) is 2.96. The van der Waals surface area contributed by atoms with E-state index >= 15 is 0 Å². The number of carboxylic acids is 1. The predicted molar refractivity (Wildman–Crippen MR) is 138 cm³/mol. The molecular weight excluding hydrogens is 486 g/mol. The molecule has 190 valence electrons. The summed E-state index contributed by atoms with van der Waals surface area (Å²) in [5, 5.41) is 19.8. The highest BCUT2D eigenvalue weighted by Gasteiger charge is 2.43. The van der Waals surface area contributed by atoms with Crippen molar-refractivity contribution in [2.75, 3.05) is 19.1 Å². The van der Waals surface area contributed by atoms with Crippen molar-refractivity contribution in [1.82, 2.24) is 0 Å². The first-order valence-electron chi connectivity index (χ1n) is 11.4. The maximum Gasteiger partial charge on any atom is 0.355 e. The van der Waals surface area contributed by atoms with Gasteiger partial charge in [-0.3, -0.25) is 4.90 Å². The van der Waals surface area contributed by atoms with E-state index in [1.807, 2.05) is 0 Å². The van der Waals surface area contributed by atoms with Gasteiger partial charge in [-0.2, -0.15) is 5.26 Å². The number of hydrogen-bond donors (Lipinski definition) is 2. The number of carboxylic acid groups (broad SMARTS) is 1. The van der Waals surface area contributed by atoms with E-state index in [1.54, 1.807) is 72.8 Å². The van der Waals surface area contributed by atoms with Gasteiger partial charge in [-0.05, 0) is 34.9 Å². The Labute approximate surface area is 218 Å². The molecule has 1 aliphatic heterocycles. The monoisotopic (exact) mass is 509 g/mol. The summed E-state index contributed by atoms with van der Waals surface area (Å²) in [6.07, 6.45) is 0. The van der Waals surface area contributed by atoms with Crippen molar-refractivity contribution in [3.8, 4) is 17.2 Å². The molecule has 0 saturated carbocycles. The van der Waals surface area contributed by atoms with Gasteiger partial charge in [0.15, 0.2) is 0 Å². The predicted octanol–water partition coefficient (Wildman–Crippen LogP) is 3.95. The second-order valence-electron chi connectivity index (χ2n) is 8.24. The van der Waals surface area contributed by atoms with E-state index in [1.165, 1.54) is 25.2 Å². The van der Waals surface area contributed by atoms with Gasteiger partial charge in [0, 0.05) is 5.69 Å². The topological polar surface area (TPSA) is 143 Å². The highest BCUT2D eigenvalue weighted by Crippen LogP contribution is 2.43. The van der Waals surface area contributed by atoms with Crippen LogP contribution >= 0.6 is 0 Å². The summed E-state index contributed by atoms with van der Waals surface area (Å²) >= 11 is 0. The van der Waals surface area contributed by atoms with Gasteiger partial charge in [-0.1, -0.05) is 60.7 Å². The number of methoxy groups -OCH3 is 2. The van der Waals surface area contributed by atoms with Crippen LogP contribution in [0.4, 0.5) is 5.69 Å². The zero-order chi connectivity index (χ0) is 27.4. The molecule has 0 fully saturated rings. The molecule has 3 N–H and O–H groups in total. The van der Waals surface area contributed by atoms with Crippen LogP contribution in [0.3, 0.4) is 0 Å². The Balaban J connectivity index is 2.02. The number of nitriles is 1. The van der Waals surface area contributed by atoms with Crippen LogP contribution in [0.15, 0.2) is 102 Å². The maximum atomic E-state index is 13.2. The number of rotatable bonds is 6. The minimum absolute atomic E-state index is 0.0283. The molecule has 3 aromatic carbocycles. The molecule has 1 unspecified atom stereocenters. The SMILES string of the molecule is COC(=O)C1=C(C(=O)OC)N(c2cccc(-c3ccccc3C(=O)O)c2)C(N)=C(C#N)C1c1ccccc1. The number of nitrogens with zero attached hydrogens (tertiary/aromatic N) is 2. The van der Waals surface area contributed by atoms with Crippen LogP contribution in [0.1, 0.15) is 21.8 Å². The Morgan fingerprint density at radius 1 is 0.921 bits per heavy atom. The van der Waals surface area contributed by atoms with Crippen LogP contribution in [-0.2, 0) is 19.1 Å². The van der Waals surface area contributed by atoms with Crippen molar-refractivity contribution in [3.05, 3.63) is 113 Å². The first-order valence-corrected chi connectivity index (χ1v) is 11.4. The number of aromatic carboxylic acids is 1. The third-order valence-electron chi connectivity index (χ3n) is 6.18. The van der Waals surface area contributed by atoms with Crippen molar-refractivity contribution in [2.24, 2.45) is 5.73 Å². The number of esters is 2. The number of nitrogens with two attached hydrogens (primary N) is 1. The third-order valence-corrected chi connectivity index (χ3v) is 6.18. The van der Waals surface area contributed by atoms with Crippen LogP contribution in [0.5, 0.6) is 0 Å². The molecule has 0 bridgehead atoms. The summed E-state index contributed by atoms with van der Waals surface area (Å²) in [5.74, 6) is -3.89. The average molecular weight is 510 g/mol. The van der Waals surface area contributed by atoms with E-state index in [0.717, 1.165) is 0 Å². The Bertz CT molecular complexity index is 1540. The van der Waals surface area contributed by atoms with Crippen molar-refractivity contribution < 1.29 is 29.0 Å². The molecule has 0 radical (unpaired) electrons. The molecule has 1 heterocycles. The standard InChI is InChI=1S/C29H23N3O6/c1-37-28(35)24-23(17-9-4-3-5-10-17)22(16-30)26(31)32(25(24)29(36)38-2)19-12-8-11-18(15-19)20-13-6-7-14-21(20)27(33)34/h3-15,23H,31H2,1-2H3,(H,33,34). The molecule has 0 spiro atoms. The van der Waals surface area contributed by atoms with Crippen molar-refractivity contribution >= 4 is 23.6 Å². The number of hydrogen-bond acceptors (Lipinski definition) is 8. The molecule has 1 atom stereocenters. The fourth-order valence-corrected chi connectivity index (χ4v) is 4.52. The lowest BCUT2D eigenvalue weighted by molar-refractivity contribution is -0.139. The normalized spacial score (nSPS) is 15.1. The number of carbonyl (C=O) groups is 3.